The number of halogens is 1. The van der Waals surface area contributed by atoms with E-state index in [1.807, 2.05) is 0 Å². The van der Waals surface area contributed by atoms with Crippen molar-refractivity contribution in [1.29, 1.82) is 0 Å². The van der Waals surface area contributed by atoms with E-state index in [4.69, 9.17) is 4.74 Å². The van der Waals surface area contributed by atoms with Gasteiger partial charge >= 0.3 is 0 Å². The summed E-state index contributed by atoms with van der Waals surface area (Å²) in [6, 6.07) is 9.62. The maximum atomic E-state index is 13.2. The fourth-order valence-corrected chi connectivity index (χ4v) is 2.07. The minimum absolute atomic E-state index is 0.168. The SMILES string of the molecule is CCCOCCCNC(=O)c1ccc(-c2cccc(F)c2)nc1. The summed E-state index contributed by atoms with van der Waals surface area (Å²) in [5.74, 6) is -0.477. The van der Waals surface area contributed by atoms with Crippen LogP contribution in [0.5, 0.6) is 0 Å². The van der Waals surface area contributed by atoms with Crippen molar-refractivity contribution < 1.29 is 13.9 Å². The van der Waals surface area contributed by atoms with Crippen molar-refractivity contribution in [3.05, 3.63) is 54.0 Å². The molecule has 0 radical (unpaired) electrons. The zero-order valence-corrected chi connectivity index (χ0v) is 13.2. The molecule has 23 heavy (non-hydrogen) atoms. The molecule has 0 atom stereocenters. The molecule has 2 rings (SSSR count). The van der Waals surface area contributed by atoms with Crippen molar-refractivity contribution in [3.63, 3.8) is 0 Å². The van der Waals surface area contributed by atoms with Gasteiger partial charge < -0.3 is 10.1 Å². The van der Waals surface area contributed by atoms with Crippen molar-refractivity contribution in [1.82, 2.24) is 10.3 Å². The highest BCUT2D eigenvalue weighted by molar-refractivity contribution is 5.94. The van der Waals surface area contributed by atoms with Crippen LogP contribution in [0.4, 0.5) is 4.39 Å². The Morgan fingerprint density at radius 1 is 1.26 bits per heavy atom. The van der Waals surface area contributed by atoms with Crippen LogP contribution in [0.2, 0.25) is 0 Å². The van der Waals surface area contributed by atoms with E-state index in [1.165, 1.54) is 18.3 Å². The van der Waals surface area contributed by atoms with Gasteiger partial charge in [-0.2, -0.15) is 0 Å². The van der Waals surface area contributed by atoms with Gasteiger partial charge in [-0.3, -0.25) is 9.78 Å². The number of carbonyl (C=O) groups excluding carboxylic acids is 1. The minimum Gasteiger partial charge on any atom is -0.381 e. The van der Waals surface area contributed by atoms with Gasteiger partial charge in [0.25, 0.3) is 5.91 Å². The van der Waals surface area contributed by atoms with Gasteiger partial charge in [0.2, 0.25) is 0 Å². The van der Waals surface area contributed by atoms with E-state index in [0.29, 0.717) is 30.0 Å². The quantitative estimate of drug-likeness (QED) is 0.759. The molecule has 0 bridgehead atoms. The van der Waals surface area contributed by atoms with Crippen LogP contribution in [0.1, 0.15) is 30.1 Å². The molecule has 0 aliphatic carbocycles. The zero-order chi connectivity index (χ0) is 16.5. The molecular weight excluding hydrogens is 295 g/mol. The third kappa shape index (κ3) is 5.45. The summed E-state index contributed by atoms with van der Waals surface area (Å²) in [6.45, 7) is 4.01. The van der Waals surface area contributed by atoms with Gasteiger partial charge in [-0.05, 0) is 37.1 Å². The average Bonchev–Trinajstić information content (AvgIpc) is 2.58. The van der Waals surface area contributed by atoms with Crippen molar-refractivity contribution in [3.8, 4) is 11.3 Å². The number of pyridine rings is 1. The van der Waals surface area contributed by atoms with Crippen molar-refractivity contribution in [2.45, 2.75) is 19.8 Å². The third-order valence-electron chi connectivity index (χ3n) is 3.25. The molecular formula is C18H21FN2O2. The standard InChI is InChI=1S/C18H21FN2O2/c1-2-10-23-11-4-9-20-18(22)15-7-8-17(21-13-15)14-5-3-6-16(19)12-14/h3,5-8,12-13H,2,4,9-11H2,1H3,(H,20,22). The lowest BCUT2D eigenvalue weighted by molar-refractivity contribution is 0.0941. The first kappa shape index (κ1) is 17.1. The summed E-state index contributed by atoms with van der Waals surface area (Å²) in [6.07, 6.45) is 3.28. The zero-order valence-electron chi connectivity index (χ0n) is 13.2. The average molecular weight is 316 g/mol. The number of nitrogens with one attached hydrogen (secondary N) is 1. The number of amides is 1. The summed E-state index contributed by atoms with van der Waals surface area (Å²) in [5, 5.41) is 2.83. The van der Waals surface area contributed by atoms with Gasteiger partial charge in [-0.1, -0.05) is 19.1 Å². The van der Waals surface area contributed by atoms with Crippen LogP contribution < -0.4 is 5.32 Å². The van der Waals surface area contributed by atoms with Crippen LogP contribution in [-0.2, 0) is 4.74 Å². The fraction of sp³-hybridized carbons (Fsp3) is 0.333. The van der Waals surface area contributed by atoms with E-state index in [0.717, 1.165) is 19.4 Å². The second-order valence-electron chi connectivity index (χ2n) is 5.16. The van der Waals surface area contributed by atoms with Crippen molar-refractivity contribution in [2.75, 3.05) is 19.8 Å². The van der Waals surface area contributed by atoms with Crippen molar-refractivity contribution >= 4 is 5.91 Å². The smallest absolute Gasteiger partial charge is 0.252 e. The maximum Gasteiger partial charge on any atom is 0.252 e. The first-order valence-electron chi connectivity index (χ1n) is 7.78. The van der Waals surface area contributed by atoms with E-state index in [9.17, 15) is 9.18 Å². The fourth-order valence-electron chi connectivity index (χ4n) is 2.07. The lowest BCUT2D eigenvalue weighted by Gasteiger charge is -2.06. The predicted molar refractivity (Wildman–Crippen MR) is 87.7 cm³/mol. The molecule has 1 amide bonds. The summed E-state index contributed by atoms with van der Waals surface area (Å²) in [5.41, 5.74) is 1.80. The molecule has 5 heteroatoms. The Hall–Kier alpha value is -2.27. The van der Waals surface area contributed by atoms with E-state index in [2.05, 4.69) is 17.2 Å². The summed E-state index contributed by atoms with van der Waals surface area (Å²) in [4.78, 5) is 16.2. The largest absolute Gasteiger partial charge is 0.381 e. The van der Waals surface area contributed by atoms with Gasteiger partial charge in [0.05, 0.1) is 11.3 Å². The second kappa shape index (κ2) is 9.00. The van der Waals surface area contributed by atoms with Crippen LogP contribution in [0.25, 0.3) is 11.3 Å². The first-order chi connectivity index (χ1) is 11.2. The molecule has 0 fully saturated rings. The first-order valence-corrected chi connectivity index (χ1v) is 7.78. The van der Waals surface area contributed by atoms with Crippen LogP contribution in [0.15, 0.2) is 42.6 Å². The molecule has 2 aromatic rings. The highest BCUT2D eigenvalue weighted by Gasteiger charge is 2.07. The Balaban J connectivity index is 1.85. The van der Waals surface area contributed by atoms with E-state index < -0.39 is 0 Å². The Bertz CT molecular complexity index is 629. The number of aromatic nitrogens is 1. The number of rotatable bonds is 8. The van der Waals surface area contributed by atoms with E-state index in [-0.39, 0.29) is 11.7 Å². The number of carbonyl (C=O) groups is 1. The van der Waals surface area contributed by atoms with Crippen LogP contribution >= 0.6 is 0 Å². The second-order valence-corrected chi connectivity index (χ2v) is 5.16. The maximum absolute atomic E-state index is 13.2. The molecule has 1 heterocycles. The molecule has 122 valence electrons. The lowest BCUT2D eigenvalue weighted by Crippen LogP contribution is -2.25. The number of benzene rings is 1. The van der Waals surface area contributed by atoms with Gasteiger partial charge in [-0.15, -0.1) is 0 Å². The van der Waals surface area contributed by atoms with Crippen molar-refractivity contribution in [2.24, 2.45) is 0 Å². The molecule has 1 aromatic heterocycles. The topological polar surface area (TPSA) is 51.2 Å². The summed E-state index contributed by atoms with van der Waals surface area (Å²) >= 11 is 0. The predicted octanol–water partition coefficient (Wildman–Crippen LogP) is 3.43. The van der Waals surface area contributed by atoms with Gasteiger partial charge in [0.15, 0.2) is 0 Å². The summed E-state index contributed by atoms with van der Waals surface area (Å²) in [7, 11) is 0. The monoisotopic (exact) mass is 316 g/mol. The molecule has 0 aliphatic heterocycles. The Kier molecular flexibility index (Phi) is 6.69. The minimum atomic E-state index is -0.309. The number of nitrogens with zero attached hydrogens (tertiary/aromatic N) is 1. The number of hydrogen-bond donors (Lipinski definition) is 1. The molecule has 1 N–H and O–H groups in total. The van der Waals surface area contributed by atoms with Gasteiger partial charge in [0.1, 0.15) is 5.82 Å². The van der Waals surface area contributed by atoms with E-state index >= 15 is 0 Å². The molecule has 0 saturated heterocycles. The number of ether oxygens (including phenoxy) is 1. The molecule has 0 saturated carbocycles. The van der Waals surface area contributed by atoms with Crippen LogP contribution in [0, 0.1) is 5.82 Å². The third-order valence-corrected chi connectivity index (χ3v) is 3.25. The highest BCUT2D eigenvalue weighted by atomic mass is 19.1. The van der Waals surface area contributed by atoms with E-state index in [1.54, 1.807) is 24.3 Å². The number of hydrogen-bond acceptors (Lipinski definition) is 3. The molecule has 0 aliphatic rings. The van der Waals surface area contributed by atoms with Gasteiger partial charge in [-0.25, -0.2) is 4.39 Å². The Morgan fingerprint density at radius 2 is 2.13 bits per heavy atom. The molecule has 0 unspecified atom stereocenters. The molecule has 4 nitrogen and oxygen atoms in total. The lowest BCUT2D eigenvalue weighted by atomic mass is 10.1. The molecule has 1 aromatic carbocycles. The Morgan fingerprint density at radius 3 is 2.83 bits per heavy atom. The normalized spacial score (nSPS) is 10.5. The summed E-state index contributed by atoms with van der Waals surface area (Å²) < 4.78 is 18.6. The van der Waals surface area contributed by atoms with Crippen LogP contribution in [0.3, 0.4) is 0 Å². The highest BCUT2D eigenvalue weighted by Crippen LogP contribution is 2.17. The Labute approximate surface area is 135 Å². The van der Waals surface area contributed by atoms with Crippen LogP contribution in [-0.4, -0.2) is 30.6 Å². The van der Waals surface area contributed by atoms with Gasteiger partial charge in [0, 0.05) is 31.5 Å². The molecule has 0 spiro atoms.